The molecule has 1 N–H and O–H groups in total. The Bertz CT molecular complexity index is 1880. The van der Waals surface area contributed by atoms with Gasteiger partial charge in [-0.2, -0.15) is 17.0 Å². The first-order chi connectivity index (χ1) is 21.4. The van der Waals surface area contributed by atoms with Crippen molar-refractivity contribution in [1.82, 2.24) is 22.8 Å². The Kier molecular flexibility index (Phi) is 8.59. The lowest BCUT2D eigenvalue weighted by atomic mass is 9.81. The Hall–Kier alpha value is -3.23. The predicted octanol–water partition coefficient (Wildman–Crippen LogP) is 3.83. The first-order valence-corrected chi connectivity index (χ1v) is 18.3. The summed E-state index contributed by atoms with van der Waals surface area (Å²) in [5.74, 6) is 0.142. The van der Waals surface area contributed by atoms with Crippen LogP contribution < -0.4 is 9.46 Å². The second-order valence-corrected chi connectivity index (χ2v) is 16.3. The van der Waals surface area contributed by atoms with Crippen LogP contribution in [0.1, 0.15) is 59.5 Å². The number of hydrogen-bond acceptors (Lipinski definition) is 7. The molecule has 11 nitrogen and oxygen atoms in total. The van der Waals surface area contributed by atoms with E-state index in [9.17, 15) is 21.6 Å². The van der Waals surface area contributed by atoms with E-state index in [1.165, 1.54) is 20.5 Å². The number of methoxy groups -OCH3 is 1. The number of aromatic nitrogens is 1. The van der Waals surface area contributed by atoms with Crippen LogP contribution in [0.5, 0.6) is 5.75 Å². The third-order valence-corrected chi connectivity index (χ3v) is 12.7. The summed E-state index contributed by atoms with van der Waals surface area (Å²) in [6.45, 7) is 2.17. The summed E-state index contributed by atoms with van der Waals surface area (Å²) in [5.41, 5.74) is 4.62. The first-order valence-electron chi connectivity index (χ1n) is 15.4. The fraction of sp³-hybridized carbons (Fsp3) is 0.469. The van der Waals surface area contributed by atoms with E-state index in [1.54, 1.807) is 29.6 Å². The van der Waals surface area contributed by atoms with Gasteiger partial charge in [-0.1, -0.05) is 25.3 Å². The molecule has 1 saturated heterocycles. The van der Waals surface area contributed by atoms with Gasteiger partial charge >= 0.3 is 10.2 Å². The highest BCUT2D eigenvalue weighted by Gasteiger charge is 2.35. The number of carbonyl (C=O) groups excluding carboxylic acids is 1. The summed E-state index contributed by atoms with van der Waals surface area (Å²) in [6.07, 6.45) is 7.20. The topological polar surface area (TPSA) is 121 Å². The highest BCUT2D eigenvalue weighted by atomic mass is 32.2. The third kappa shape index (κ3) is 5.92. The molecule has 0 bridgehead atoms. The zero-order chi connectivity index (χ0) is 32.1. The first kappa shape index (κ1) is 31.7. The van der Waals surface area contributed by atoms with E-state index in [0.717, 1.165) is 57.8 Å². The number of likely N-dealkylation sites (N-methyl/N-ethyl adjacent to an activating group) is 1. The SMILES string of the molecule is COc1ccc2c(c1)C=C(S(=O)(=O)N1CCN(C)CC1)Cn1c-2c(C2CCCCC2)c2ccc(C(=O)NS(=O)(=O)N(C)C)cc21. The molecule has 6 rings (SSSR count). The van der Waals surface area contributed by atoms with Gasteiger partial charge in [-0.15, -0.1) is 0 Å². The van der Waals surface area contributed by atoms with Crippen LogP contribution in [0, 0.1) is 0 Å². The van der Waals surface area contributed by atoms with Crippen LogP contribution in [-0.4, -0.2) is 95.3 Å². The number of hydrogen-bond donors (Lipinski definition) is 1. The van der Waals surface area contributed by atoms with E-state index < -0.39 is 26.1 Å². The van der Waals surface area contributed by atoms with Gasteiger partial charge < -0.3 is 14.2 Å². The number of carbonyl (C=O) groups is 1. The molecule has 1 amide bonds. The largest absolute Gasteiger partial charge is 0.497 e. The highest BCUT2D eigenvalue weighted by Crippen LogP contribution is 2.47. The average Bonchev–Trinajstić information content (AvgIpc) is 3.23. The lowest BCUT2D eigenvalue weighted by Crippen LogP contribution is -2.47. The number of benzene rings is 2. The van der Waals surface area contributed by atoms with Crippen molar-refractivity contribution < 1.29 is 26.4 Å². The van der Waals surface area contributed by atoms with Crippen LogP contribution >= 0.6 is 0 Å². The van der Waals surface area contributed by atoms with Gasteiger partial charge in [0, 0.05) is 62.3 Å². The summed E-state index contributed by atoms with van der Waals surface area (Å²) in [6, 6.07) is 11.0. The second kappa shape index (κ2) is 12.2. The van der Waals surface area contributed by atoms with Gasteiger partial charge in [-0.25, -0.2) is 13.1 Å². The highest BCUT2D eigenvalue weighted by molar-refractivity contribution is 7.93. The summed E-state index contributed by atoms with van der Waals surface area (Å²) in [5, 5.41) is 0.948. The zero-order valence-electron chi connectivity index (χ0n) is 26.2. The molecule has 45 heavy (non-hydrogen) atoms. The smallest absolute Gasteiger partial charge is 0.303 e. The summed E-state index contributed by atoms with van der Waals surface area (Å²) in [4.78, 5) is 15.6. The molecule has 0 atom stereocenters. The Morgan fingerprint density at radius 3 is 2.33 bits per heavy atom. The van der Waals surface area contributed by atoms with Gasteiger partial charge in [0.15, 0.2) is 0 Å². The van der Waals surface area contributed by atoms with Gasteiger partial charge in [-0.3, -0.25) is 4.79 Å². The minimum atomic E-state index is -4.01. The van der Waals surface area contributed by atoms with Crippen LogP contribution in [0.25, 0.3) is 28.2 Å². The molecule has 242 valence electrons. The molecule has 2 fully saturated rings. The molecule has 2 aliphatic heterocycles. The summed E-state index contributed by atoms with van der Waals surface area (Å²) < 4.78 is 65.7. The van der Waals surface area contributed by atoms with Crippen molar-refractivity contribution in [2.45, 2.75) is 44.6 Å². The Morgan fingerprint density at radius 2 is 1.67 bits per heavy atom. The van der Waals surface area contributed by atoms with Crippen molar-refractivity contribution in [3.05, 3.63) is 58.0 Å². The lowest BCUT2D eigenvalue weighted by Gasteiger charge is -2.32. The number of nitrogens with zero attached hydrogens (tertiary/aromatic N) is 4. The molecular formula is C32H41N5O6S2. The van der Waals surface area contributed by atoms with E-state index in [2.05, 4.69) is 9.62 Å². The molecule has 3 heterocycles. The van der Waals surface area contributed by atoms with Gasteiger partial charge in [-0.05, 0) is 73.3 Å². The minimum Gasteiger partial charge on any atom is -0.497 e. The second-order valence-electron chi connectivity index (χ2n) is 12.4. The molecule has 0 radical (unpaired) electrons. The van der Waals surface area contributed by atoms with E-state index in [-0.39, 0.29) is 22.9 Å². The maximum atomic E-state index is 14.3. The quantitative estimate of drug-likeness (QED) is 0.411. The standard InChI is InChI=1S/C32H41N5O6S2/c1-34(2)45(41,42)33-32(38)23-10-12-28-29(20-23)37-21-26(44(39,40)36-16-14-35(3)15-17-36)19-24-18-25(43-4)11-13-27(24)31(37)30(28)22-8-6-5-7-9-22/h10-13,18-20,22H,5-9,14-17,21H2,1-4H3,(H,33,38). The number of sulfonamides is 1. The Labute approximate surface area is 265 Å². The maximum absolute atomic E-state index is 14.3. The van der Waals surface area contributed by atoms with Crippen molar-refractivity contribution in [3.63, 3.8) is 0 Å². The van der Waals surface area contributed by atoms with Crippen molar-refractivity contribution in [2.24, 2.45) is 0 Å². The van der Waals surface area contributed by atoms with Gasteiger partial charge in [0.2, 0.25) is 10.0 Å². The number of allylic oxidation sites excluding steroid dienone is 1. The molecule has 3 aliphatic rings. The molecule has 2 aromatic carbocycles. The number of amides is 1. The van der Waals surface area contributed by atoms with Crippen LogP contribution in [0.15, 0.2) is 41.3 Å². The van der Waals surface area contributed by atoms with E-state index >= 15 is 0 Å². The van der Waals surface area contributed by atoms with Crippen molar-refractivity contribution in [1.29, 1.82) is 0 Å². The van der Waals surface area contributed by atoms with Crippen LogP contribution in [0.3, 0.4) is 0 Å². The lowest BCUT2D eigenvalue weighted by molar-refractivity contribution is 0.0979. The molecule has 0 spiro atoms. The number of fused-ring (bicyclic) bond motifs is 5. The number of nitrogens with one attached hydrogen (secondary N) is 1. The van der Waals surface area contributed by atoms with Gasteiger partial charge in [0.05, 0.1) is 24.3 Å². The number of ether oxygens (including phenoxy) is 1. The average molecular weight is 656 g/mol. The Balaban J connectivity index is 1.58. The molecule has 1 aliphatic carbocycles. The number of rotatable bonds is 7. The molecule has 0 unspecified atom stereocenters. The number of piperazine rings is 1. The molecule has 1 saturated carbocycles. The van der Waals surface area contributed by atoms with Crippen molar-refractivity contribution in [3.8, 4) is 17.0 Å². The van der Waals surface area contributed by atoms with Crippen LogP contribution in [0.4, 0.5) is 0 Å². The fourth-order valence-corrected chi connectivity index (χ4v) is 8.85. The van der Waals surface area contributed by atoms with Gasteiger partial charge in [0.25, 0.3) is 5.91 Å². The summed E-state index contributed by atoms with van der Waals surface area (Å²) >= 11 is 0. The molecular weight excluding hydrogens is 615 g/mol. The van der Waals surface area contributed by atoms with Gasteiger partial charge in [0.1, 0.15) is 5.75 Å². The zero-order valence-corrected chi connectivity index (χ0v) is 27.9. The van der Waals surface area contributed by atoms with Crippen LogP contribution in [0.2, 0.25) is 0 Å². The van der Waals surface area contributed by atoms with Crippen molar-refractivity contribution >= 4 is 43.1 Å². The molecule has 3 aromatic rings. The Morgan fingerprint density at radius 1 is 0.956 bits per heavy atom. The van der Waals surface area contributed by atoms with E-state index in [1.807, 2.05) is 35.9 Å². The summed E-state index contributed by atoms with van der Waals surface area (Å²) in [7, 11) is -1.56. The maximum Gasteiger partial charge on any atom is 0.303 e. The normalized spacial score (nSPS) is 18.7. The third-order valence-electron chi connectivity index (χ3n) is 9.36. The monoisotopic (exact) mass is 655 g/mol. The molecule has 13 heteroatoms. The van der Waals surface area contributed by atoms with E-state index in [4.69, 9.17) is 4.74 Å². The fourth-order valence-electron chi connectivity index (χ4n) is 6.77. The van der Waals surface area contributed by atoms with Crippen LogP contribution in [-0.2, 0) is 26.8 Å². The molecule has 1 aromatic heterocycles. The minimum absolute atomic E-state index is 0.0747. The van der Waals surface area contributed by atoms with E-state index in [0.29, 0.717) is 37.4 Å². The predicted molar refractivity (Wildman–Crippen MR) is 176 cm³/mol. The van der Waals surface area contributed by atoms with Crippen molar-refractivity contribution in [2.75, 3.05) is 54.4 Å².